The van der Waals surface area contributed by atoms with E-state index in [-0.39, 0.29) is 114 Å². The van der Waals surface area contributed by atoms with Crippen LogP contribution in [0.15, 0.2) is 11.5 Å². The first kappa shape index (κ1) is 29.8. The molecule has 1 aliphatic rings. The van der Waals surface area contributed by atoms with E-state index in [2.05, 4.69) is 8.92 Å². The average molecular weight is 368 g/mol. The Kier molecular flexibility index (Phi) is 18.3. The number of carbonyl (C=O) groups excluding carboxylic acids is 1. The molecule has 6 N–H and O–H groups in total. The molecule has 0 aromatic rings. The maximum Gasteiger partial charge on any atom is 1.00 e. The monoisotopic (exact) mass is 368 g/mol. The van der Waals surface area contributed by atoms with Crippen LogP contribution in [0.5, 0.6) is 0 Å². The van der Waals surface area contributed by atoms with E-state index in [0.717, 1.165) is 0 Å². The SMILES string of the molecule is O.O.O=C1O[C@H]([C@@H](O)CO)C([O-])=C1OS(=O)(=O)[O-].[K+].[K+]. The molecule has 0 saturated heterocycles. The molecule has 14 heteroatoms. The van der Waals surface area contributed by atoms with Crippen molar-refractivity contribution in [3.63, 3.8) is 0 Å². The molecule has 108 valence electrons. The molecule has 20 heavy (non-hydrogen) atoms. The topological polar surface area (TPSA) is 219 Å². The first-order valence-electron chi connectivity index (χ1n) is 3.82. The van der Waals surface area contributed by atoms with Crippen LogP contribution in [-0.2, 0) is 24.1 Å². The van der Waals surface area contributed by atoms with Crippen LogP contribution < -0.4 is 108 Å². The quantitative estimate of drug-likeness (QED) is 0.208. The number of cyclic esters (lactones) is 1. The Hall–Kier alpha value is 1.83. The van der Waals surface area contributed by atoms with Crippen LogP contribution in [0, 0.1) is 0 Å². The molecule has 0 unspecified atom stereocenters. The van der Waals surface area contributed by atoms with Crippen molar-refractivity contribution in [2.45, 2.75) is 12.2 Å². The van der Waals surface area contributed by atoms with Crippen LogP contribution in [0.4, 0.5) is 0 Å². The van der Waals surface area contributed by atoms with Gasteiger partial charge in [-0.1, -0.05) is 0 Å². The Morgan fingerprint density at radius 3 is 2.15 bits per heavy atom. The van der Waals surface area contributed by atoms with Crippen molar-refractivity contribution in [2.75, 3.05) is 6.61 Å². The van der Waals surface area contributed by atoms with Crippen molar-refractivity contribution >= 4 is 16.4 Å². The molecule has 11 nitrogen and oxygen atoms in total. The number of aliphatic hydroxyl groups excluding tert-OH is 2. The van der Waals surface area contributed by atoms with E-state index < -0.39 is 46.7 Å². The van der Waals surface area contributed by atoms with Crippen LogP contribution in [0.25, 0.3) is 0 Å². The summed E-state index contributed by atoms with van der Waals surface area (Å²) in [6.45, 7) is -0.888. The molecule has 0 aliphatic carbocycles. The second-order valence-electron chi connectivity index (χ2n) is 2.76. The second-order valence-corrected chi connectivity index (χ2v) is 3.74. The molecule has 1 rings (SSSR count). The standard InChI is InChI=1S/C6H8O9S.2K.2H2O/c7-1-2(8)4-3(9)5(6(10)14-4)15-16(11,12)13;;;;/h2,4,7-9H,1H2,(H,11,12,13);;;2*1H2/q;2*+1;;/p-2/t2-,4+;;;;/m0..../s1. The smallest absolute Gasteiger partial charge is 0.870 e. The summed E-state index contributed by atoms with van der Waals surface area (Å²) in [6, 6.07) is 0. The maximum absolute atomic E-state index is 11.2. The minimum absolute atomic E-state index is 0. The molecule has 0 amide bonds. The second kappa shape index (κ2) is 12.3. The minimum atomic E-state index is -5.28. The summed E-state index contributed by atoms with van der Waals surface area (Å²) in [5, 5.41) is 28.7. The van der Waals surface area contributed by atoms with Gasteiger partial charge in [0.05, 0.1) is 6.61 Å². The van der Waals surface area contributed by atoms with Gasteiger partial charge in [0.2, 0.25) is 5.76 Å². The van der Waals surface area contributed by atoms with Crippen LogP contribution in [0.3, 0.4) is 0 Å². The van der Waals surface area contributed by atoms with Gasteiger partial charge in [-0.05, 0) is 5.76 Å². The van der Waals surface area contributed by atoms with Crippen molar-refractivity contribution < 1.29 is 156 Å². The van der Waals surface area contributed by atoms with Gasteiger partial charge >= 0.3 is 109 Å². The zero-order valence-electron chi connectivity index (χ0n) is 10.5. The number of rotatable bonds is 4. The number of esters is 1. The van der Waals surface area contributed by atoms with Gasteiger partial charge < -0.3 is 39.7 Å². The summed E-state index contributed by atoms with van der Waals surface area (Å²) in [6.07, 6.45) is -3.49. The van der Waals surface area contributed by atoms with Gasteiger partial charge in [-0.25, -0.2) is 13.2 Å². The van der Waals surface area contributed by atoms with Gasteiger partial charge in [0.25, 0.3) is 10.4 Å². The summed E-state index contributed by atoms with van der Waals surface area (Å²) in [5.41, 5.74) is 0. The largest absolute Gasteiger partial charge is 1.00 e. The number of aliphatic hydroxyl groups is 2. The molecular weight excluding hydrogens is 358 g/mol. The Bertz CT molecular complexity index is 432. The molecule has 0 bridgehead atoms. The number of ether oxygens (including phenoxy) is 1. The van der Waals surface area contributed by atoms with E-state index in [1.54, 1.807) is 0 Å². The predicted molar refractivity (Wildman–Crippen MR) is 48.0 cm³/mol. The zero-order chi connectivity index (χ0) is 12.5. The Balaban J connectivity index is -0.000000320. The summed E-state index contributed by atoms with van der Waals surface area (Å²) in [5.74, 6) is -4.12. The van der Waals surface area contributed by atoms with Crippen LogP contribution >= 0.6 is 0 Å². The summed E-state index contributed by atoms with van der Waals surface area (Å²) in [7, 11) is -5.28. The zero-order valence-corrected chi connectivity index (χ0v) is 17.6. The van der Waals surface area contributed by atoms with Crippen molar-refractivity contribution in [2.24, 2.45) is 0 Å². The summed E-state index contributed by atoms with van der Waals surface area (Å²) in [4.78, 5) is 10.9. The van der Waals surface area contributed by atoms with Crippen molar-refractivity contribution in [3.05, 3.63) is 11.5 Å². The molecule has 0 spiro atoms. The van der Waals surface area contributed by atoms with Crippen LogP contribution in [0.2, 0.25) is 0 Å². The fourth-order valence-corrected chi connectivity index (χ4v) is 1.33. The van der Waals surface area contributed by atoms with Crippen molar-refractivity contribution in [3.8, 4) is 0 Å². The van der Waals surface area contributed by atoms with Gasteiger partial charge in [0, 0.05) is 0 Å². The predicted octanol–water partition coefficient (Wildman–Crippen LogP) is -11.3. The van der Waals surface area contributed by atoms with E-state index in [9.17, 15) is 22.9 Å². The maximum atomic E-state index is 11.2. The molecule has 1 heterocycles. The number of hydrogen-bond acceptors (Lipinski definition) is 9. The molecule has 0 fully saturated rings. The van der Waals surface area contributed by atoms with Gasteiger partial charge in [-0.2, -0.15) is 0 Å². The normalized spacial score (nSPS) is 18.6. The molecule has 0 aromatic carbocycles. The molecular formula is C6H10K2O11S. The van der Waals surface area contributed by atoms with E-state index in [1.165, 1.54) is 0 Å². The van der Waals surface area contributed by atoms with E-state index >= 15 is 0 Å². The minimum Gasteiger partial charge on any atom is -0.870 e. The van der Waals surface area contributed by atoms with Gasteiger partial charge in [0.1, 0.15) is 12.2 Å². The van der Waals surface area contributed by atoms with Gasteiger partial charge in [0.15, 0.2) is 0 Å². The molecule has 1 aliphatic heterocycles. The third-order valence-electron chi connectivity index (χ3n) is 1.62. The number of hydrogen-bond donors (Lipinski definition) is 2. The van der Waals surface area contributed by atoms with Crippen molar-refractivity contribution in [1.82, 2.24) is 0 Å². The van der Waals surface area contributed by atoms with Crippen molar-refractivity contribution in [1.29, 1.82) is 0 Å². The summed E-state index contributed by atoms with van der Waals surface area (Å²) >= 11 is 0. The molecule has 0 aromatic heterocycles. The van der Waals surface area contributed by atoms with E-state index in [1.807, 2.05) is 0 Å². The number of carbonyl (C=O) groups is 1. The van der Waals surface area contributed by atoms with Crippen LogP contribution in [0.1, 0.15) is 0 Å². The molecule has 0 radical (unpaired) electrons. The average Bonchev–Trinajstić information content (AvgIpc) is 2.42. The third-order valence-corrected chi connectivity index (χ3v) is 1.99. The van der Waals surface area contributed by atoms with E-state index in [0.29, 0.717) is 0 Å². The summed E-state index contributed by atoms with van der Waals surface area (Å²) < 4.78 is 38.2. The first-order valence-corrected chi connectivity index (χ1v) is 5.16. The first-order chi connectivity index (χ1) is 7.26. The fourth-order valence-electron chi connectivity index (χ4n) is 0.978. The molecule has 0 saturated carbocycles. The van der Waals surface area contributed by atoms with E-state index in [4.69, 9.17) is 10.2 Å². The fraction of sp³-hybridized carbons (Fsp3) is 0.500. The Labute approximate surface area is 198 Å². The Morgan fingerprint density at radius 2 is 1.80 bits per heavy atom. The van der Waals surface area contributed by atoms with Gasteiger partial charge in [-0.15, -0.1) is 0 Å². The van der Waals surface area contributed by atoms with Crippen LogP contribution in [-0.4, -0.2) is 58.9 Å². The molecule has 2 atom stereocenters. The third kappa shape index (κ3) is 8.46. The van der Waals surface area contributed by atoms with Gasteiger partial charge in [-0.3, -0.25) is 0 Å². The Morgan fingerprint density at radius 1 is 1.35 bits per heavy atom.